The molecule has 0 spiro atoms. The van der Waals surface area contributed by atoms with Crippen LogP contribution in [0.1, 0.15) is 24.5 Å². The number of carbonyl (C=O) groups is 2. The molecule has 0 radical (unpaired) electrons. The van der Waals surface area contributed by atoms with E-state index in [0.29, 0.717) is 17.9 Å². The quantitative estimate of drug-likeness (QED) is 0.645. The minimum Gasteiger partial charge on any atom is -0.352 e. The highest BCUT2D eigenvalue weighted by Gasteiger charge is 2.14. The van der Waals surface area contributed by atoms with Crippen molar-refractivity contribution < 1.29 is 18.0 Å². The third kappa shape index (κ3) is 7.10. The first kappa shape index (κ1) is 20.4. The van der Waals surface area contributed by atoms with Crippen LogP contribution in [0.4, 0.5) is 11.4 Å². The summed E-state index contributed by atoms with van der Waals surface area (Å²) in [4.78, 5) is 23.0. The molecule has 2 aromatic rings. The van der Waals surface area contributed by atoms with E-state index in [0.717, 1.165) is 11.1 Å². The summed E-state index contributed by atoms with van der Waals surface area (Å²) < 4.78 is 26.8. The van der Waals surface area contributed by atoms with E-state index < -0.39 is 10.0 Å². The number of carbonyl (C=O) groups excluding carboxylic acids is 2. The minimum atomic E-state index is -3.69. The second-order valence-corrected chi connectivity index (χ2v) is 7.98. The third-order valence-electron chi connectivity index (χ3n) is 3.79. The number of amides is 2. The van der Waals surface area contributed by atoms with E-state index in [9.17, 15) is 18.0 Å². The Bertz CT molecular complexity index is 926. The lowest BCUT2D eigenvalue weighted by molar-refractivity contribution is -0.120. The topological polar surface area (TPSA) is 104 Å². The average Bonchev–Trinajstić information content (AvgIpc) is 2.59. The van der Waals surface area contributed by atoms with Gasteiger partial charge < -0.3 is 10.6 Å². The van der Waals surface area contributed by atoms with Crippen LogP contribution in [0.15, 0.2) is 48.5 Å². The van der Waals surface area contributed by atoms with Gasteiger partial charge in [0, 0.05) is 25.6 Å². The molecular formula is C19H23N3O4S. The van der Waals surface area contributed by atoms with Crippen LogP contribution >= 0.6 is 0 Å². The van der Waals surface area contributed by atoms with Crippen molar-refractivity contribution in [3.05, 3.63) is 59.7 Å². The largest absolute Gasteiger partial charge is 0.352 e. The number of nitrogens with one attached hydrogen (secondary N) is 3. The van der Waals surface area contributed by atoms with E-state index in [2.05, 4.69) is 15.4 Å². The summed E-state index contributed by atoms with van der Waals surface area (Å²) in [5, 5.41) is 5.31. The van der Waals surface area contributed by atoms with Crippen LogP contribution in [0.3, 0.4) is 0 Å². The van der Waals surface area contributed by atoms with Crippen LogP contribution in [-0.4, -0.2) is 26.0 Å². The van der Waals surface area contributed by atoms with Gasteiger partial charge in [0.2, 0.25) is 21.8 Å². The van der Waals surface area contributed by atoms with E-state index in [1.54, 1.807) is 18.2 Å². The van der Waals surface area contributed by atoms with Crippen molar-refractivity contribution in [1.82, 2.24) is 5.32 Å². The maximum Gasteiger partial charge on any atom is 0.233 e. The van der Waals surface area contributed by atoms with Crippen LogP contribution in [0, 0.1) is 6.92 Å². The molecule has 0 aliphatic heterocycles. The first-order chi connectivity index (χ1) is 12.7. The summed E-state index contributed by atoms with van der Waals surface area (Å²) in [6, 6.07) is 14.0. The van der Waals surface area contributed by atoms with Gasteiger partial charge in [-0.2, -0.15) is 0 Å². The van der Waals surface area contributed by atoms with Gasteiger partial charge in [-0.05, 0) is 36.2 Å². The van der Waals surface area contributed by atoms with Gasteiger partial charge in [0.05, 0.1) is 11.4 Å². The first-order valence-corrected chi connectivity index (χ1v) is 10.1. The van der Waals surface area contributed by atoms with Crippen molar-refractivity contribution in [2.24, 2.45) is 0 Å². The summed E-state index contributed by atoms with van der Waals surface area (Å²) in [6.07, 6.45) is -0.146. The number of anilines is 2. The molecule has 0 saturated heterocycles. The van der Waals surface area contributed by atoms with Gasteiger partial charge in [-0.1, -0.05) is 30.3 Å². The molecular weight excluding hydrogens is 366 g/mol. The Morgan fingerprint density at radius 2 is 1.70 bits per heavy atom. The Balaban J connectivity index is 1.86. The average molecular weight is 389 g/mol. The number of sulfonamides is 1. The van der Waals surface area contributed by atoms with Crippen LogP contribution in [0.25, 0.3) is 0 Å². The standard InChI is InChI=1S/C19H23N3O4S/c1-14-6-3-4-7-16(14)13-20-19(24)10-11-27(25,26)22-18-9-5-8-17(12-18)21-15(2)23/h3-9,12,22H,10-11,13H2,1-2H3,(H,20,24)(H,21,23). The van der Waals surface area contributed by atoms with Gasteiger partial charge >= 0.3 is 0 Å². The molecule has 0 aliphatic rings. The molecule has 7 nitrogen and oxygen atoms in total. The third-order valence-corrected chi connectivity index (χ3v) is 5.08. The molecule has 27 heavy (non-hydrogen) atoms. The molecule has 3 N–H and O–H groups in total. The minimum absolute atomic E-state index is 0.146. The number of rotatable bonds is 8. The summed E-state index contributed by atoms with van der Waals surface area (Å²) in [7, 11) is -3.69. The Morgan fingerprint density at radius 3 is 2.41 bits per heavy atom. The van der Waals surface area contributed by atoms with Crippen molar-refractivity contribution >= 4 is 33.2 Å². The molecule has 8 heteroatoms. The Kier molecular flexibility index (Phi) is 6.95. The highest BCUT2D eigenvalue weighted by atomic mass is 32.2. The summed E-state index contributed by atoms with van der Waals surface area (Å²) in [6.45, 7) is 3.68. The lowest BCUT2D eigenvalue weighted by Crippen LogP contribution is -2.27. The van der Waals surface area contributed by atoms with Crippen molar-refractivity contribution in [2.75, 3.05) is 15.8 Å². The van der Waals surface area contributed by atoms with Crippen molar-refractivity contribution in [3.63, 3.8) is 0 Å². The van der Waals surface area contributed by atoms with Gasteiger partial charge in [-0.25, -0.2) is 8.42 Å². The maximum absolute atomic E-state index is 12.2. The van der Waals surface area contributed by atoms with E-state index in [1.807, 2.05) is 31.2 Å². The zero-order valence-electron chi connectivity index (χ0n) is 15.3. The van der Waals surface area contributed by atoms with Crippen LogP contribution < -0.4 is 15.4 Å². The van der Waals surface area contributed by atoms with Gasteiger partial charge in [0.25, 0.3) is 0 Å². The zero-order valence-corrected chi connectivity index (χ0v) is 16.1. The highest BCUT2D eigenvalue weighted by Crippen LogP contribution is 2.16. The molecule has 0 heterocycles. The van der Waals surface area contributed by atoms with E-state index in [1.165, 1.54) is 13.0 Å². The Labute approximate surface area is 159 Å². The normalized spacial score (nSPS) is 10.9. The van der Waals surface area contributed by atoms with Gasteiger partial charge in [0.15, 0.2) is 0 Å². The number of hydrogen-bond donors (Lipinski definition) is 3. The fraction of sp³-hybridized carbons (Fsp3) is 0.263. The Hall–Kier alpha value is -2.87. The molecule has 144 valence electrons. The number of hydrogen-bond acceptors (Lipinski definition) is 4. The van der Waals surface area contributed by atoms with Gasteiger partial charge in [0.1, 0.15) is 0 Å². The van der Waals surface area contributed by atoms with Gasteiger partial charge in [-0.15, -0.1) is 0 Å². The number of aryl methyl sites for hydroxylation is 1. The molecule has 0 fully saturated rings. The molecule has 2 amide bonds. The van der Waals surface area contributed by atoms with Crippen LogP contribution in [0.5, 0.6) is 0 Å². The van der Waals surface area contributed by atoms with Crippen molar-refractivity contribution in [2.45, 2.75) is 26.8 Å². The summed E-state index contributed by atoms with van der Waals surface area (Å²) in [5.74, 6) is -0.923. The van der Waals surface area contributed by atoms with Crippen molar-refractivity contribution in [1.29, 1.82) is 0 Å². The smallest absolute Gasteiger partial charge is 0.233 e. The molecule has 0 aliphatic carbocycles. The number of benzene rings is 2. The SMILES string of the molecule is CC(=O)Nc1cccc(NS(=O)(=O)CCC(=O)NCc2ccccc2C)c1. The van der Waals surface area contributed by atoms with Gasteiger partial charge in [-0.3, -0.25) is 14.3 Å². The molecule has 2 aromatic carbocycles. The monoisotopic (exact) mass is 389 g/mol. The predicted octanol–water partition coefficient (Wildman–Crippen LogP) is 2.40. The fourth-order valence-corrected chi connectivity index (χ4v) is 3.45. The fourth-order valence-electron chi connectivity index (χ4n) is 2.41. The van der Waals surface area contributed by atoms with Crippen molar-refractivity contribution in [3.8, 4) is 0 Å². The maximum atomic E-state index is 12.2. The predicted molar refractivity (Wildman–Crippen MR) is 106 cm³/mol. The molecule has 2 rings (SSSR count). The molecule has 0 bridgehead atoms. The molecule has 0 aromatic heterocycles. The summed E-state index contributed by atoms with van der Waals surface area (Å²) >= 11 is 0. The highest BCUT2D eigenvalue weighted by molar-refractivity contribution is 7.92. The zero-order chi connectivity index (χ0) is 19.9. The van der Waals surface area contributed by atoms with Crippen LogP contribution in [0.2, 0.25) is 0 Å². The second-order valence-electron chi connectivity index (χ2n) is 6.14. The molecule has 0 saturated carbocycles. The van der Waals surface area contributed by atoms with E-state index in [4.69, 9.17) is 0 Å². The lowest BCUT2D eigenvalue weighted by Gasteiger charge is -2.10. The molecule has 0 atom stereocenters. The molecule has 0 unspecified atom stereocenters. The summed E-state index contributed by atoms with van der Waals surface area (Å²) in [5.41, 5.74) is 2.85. The lowest BCUT2D eigenvalue weighted by atomic mass is 10.1. The Morgan fingerprint density at radius 1 is 1.00 bits per heavy atom. The first-order valence-electron chi connectivity index (χ1n) is 8.44. The van der Waals surface area contributed by atoms with Crippen LogP contribution in [-0.2, 0) is 26.2 Å². The van der Waals surface area contributed by atoms with E-state index in [-0.39, 0.29) is 24.0 Å². The second kappa shape index (κ2) is 9.18. The van der Waals surface area contributed by atoms with E-state index >= 15 is 0 Å².